The van der Waals surface area contributed by atoms with Gasteiger partial charge in [-0.2, -0.15) is 0 Å². The van der Waals surface area contributed by atoms with E-state index >= 15 is 0 Å². The molecule has 2 aromatic rings. The highest BCUT2D eigenvalue weighted by Gasteiger charge is 2.57. The van der Waals surface area contributed by atoms with Gasteiger partial charge in [0.2, 0.25) is 28.6 Å². The summed E-state index contributed by atoms with van der Waals surface area (Å²) in [5, 5.41) is 3.89. The average molecular weight is 792 g/mol. The second-order valence-electron chi connectivity index (χ2n) is 16.2. The zero-order valence-corrected chi connectivity index (χ0v) is 33.1. The Hall–Kier alpha value is -4.54. The summed E-state index contributed by atoms with van der Waals surface area (Å²) in [7, 11) is -3.15. The summed E-state index contributed by atoms with van der Waals surface area (Å²) in [6.07, 6.45) is 3.73. The molecule has 2 fully saturated rings. The molecule has 5 rings (SSSR count). The number of benzene rings is 1. The Morgan fingerprint density at radius 2 is 1.84 bits per heavy atom. The zero-order chi connectivity index (χ0) is 40.5. The molecule has 2 aliphatic heterocycles. The van der Waals surface area contributed by atoms with E-state index in [1.54, 1.807) is 32.9 Å². The van der Waals surface area contributed by atoms with Crippen LogP contribution in [-0.4, -0.2) is 90.1 Å². The van der Waals surface area contributed by atoms with E-state index in [1.165, 1.54) is 43.3 Å². The molecule has 0 radical (unpaired) electrons. The zero-order valence-electron chi connectivity index (χ0n) is 32.2. The van der Waals surface area contributed by atoms with E-state index < -0.39 is 86.3 Å². The van der Waals surface area contributed by atoms with Gasteiger partial charge in [0.1, 0.15) is 35.4 Å². The van der Waals surface area contributed by atoms with Crippen LogP contribution in [0.1, 0.15) is 86.5 Å². The number of carbonyl (C=O) groups excluding carboxylic acids is 4. The van der Waals surface area contributed by atoms with Crippen molar-refractivity contribution in [2.75, 3.05) is 13.7 Å². The number of hydrogen-bond donors (Lipinski definition) is 3. The monoisotopic (exact) mass is 791 g/mol. The summed E-state index contributed by atoms with van der Waals surface area (Å²) in [5.41, 5.74) is -2.34. The third-order valence-corrected chi connectivity index (χ3v) is 11.9. The molecule has 302 valence electrons. The minimum absolute atomic E-state index is 0.0391. The molecule has 14 nitrogen and oxygen atoms in total. The molecule has 3 heterocycles. The van der Waals surface area contributed by atoms with Crippen molar-refractivity contribution in [3.05, 3.63) is 42.4 Å². The first-order chi connectivity index (χ1) is 25.6. The number of nitrogens with one attached hydrogen (secondary N) is 3. The van der Waals surface area contributed by atoms with Gasteiger partial charge in [0.15, 0.2) is 0 Å². The first kappa shape index (κ1) is 41.6. The van der Waals surface area contributed by atoms with Crippen LogP contribution >= 0.6 is 0 Å². The largest absolute Gasteiger partial charge is 0.494 e. The number of alkyl halides is 1. The number of aromatic nitrogens is 1. The molecular weight excluding hydrogens is 741 g/mol. The molecule has 1 saturated heterocycles. The van der Waals surface area contributed by atoms with Crippen molar-refractivity contribution in [2.45, 2.75) is 121 Å². The van der Waals surface area contributed by atoms with Gasteiger partial charge in [-0.05, 0) is 77.0 Å². The van der Waals surface area contributed by atoms with E-state index in [9.17, 15) is 36.4 Å². The van der Waals surface area contributed by atoms with Crippen LogP contribution in [-0.2, 0) is 29.1 Å². The van der Waals surface area contributed by atoms with Gasteiger partial charge in [0, 0.05) is 24.6 Å². The fourth-order valence-electron chi connectivity index (χ4n) is 7.11. The van der Waals surface area contributed by atoms with Crippen LogP contribution in [0.15, 0.2) is 36.5 Å². The third kappa shape index (κ3) is 10.0. The van der Waals surface area contributed by atoms with E-state index in [4.69, 9.17) is 14.2 Å². The number of alkyl carbamates (subject to hydrolysis) is 1. The summed E-state index contributed by atoms with van der Waals surface area (Å²) in [5.74, 6) is -2.77. The molecule has 1 aliphatic carbocycles. The van der Waals surface area contributed by atoms with Crippen LogP contribution in [0.25, 0.3) is 10.8 Å². The Bertz CT molecular complexity index is 1950. The molecule has 6 unspecified atom stereocenters. The number of ether oxygens (including phenoxy) is 3. The Morgan fingerprint density at radius 3 is 2.49 bits per heavy atom. The minimum atomic E-state index is -4.60. The summed E-state index contributed by atoms with van der Waals surface area (Å²) >= 11 is 0. The molecule has 0 bridgehead atoms. The number of sulfonamides is 1. The maximum Gasteiger partial charge on any atom is 0.408 e. The standard InChI is InChI=1S/C38H51F2N5O9S/c1-22-10-8-9-13-37(6,19-30(46)44-55(50,51)38(40)14-15-38)43-32(47)28-18-25(53-33-27-17-24(39)11-12-26(27)29(52-7)20-41-33)21-45(28)34(48)31(23(2)16-22)42-35(49)54-36(3,4)5/h9,11-13,17,20,22-23,25,28,31H,8,10,14-16,18-19,21H2,1-7H3,(H,42,49)(H,43,47)(H,44,46). The maximum absolute atomic E-state index is 14.7. The van der Waals surface area contributed by atoms with Gasteiger partial charge >= 0.3 is 6.09 Å². The van der Waals surface area contributed by atoms with Crippen molar-refractivity contribution in [3.8, 4) is 11.6 Å². The second-order valence-corrected chi connectivity index (χ2v) is 18.2. The number of carbonyl (C=O) groups is 4. The van der Waals surface area contributed by atoms with Crippen LogP contribution in [0.3, 0.4) is 0 Å². The summed E-state index contributed by atoms with van der Waals surface area (Å²) in [4.78, 5) is 60.9. The molecule has 4 amide bonds. The predicted molar refractivity (Wildman–Crippen MR) is 199 cm³/mol. The lowest BCUT2D eigenvalue weighted by atomic mass is 9.87. The van der Waals surface area contributed by atoms with Crippen molar-refractivity contribution in [1.29, 1.82) is 0 Å². The average Bonchev–Trinajstić information content (AvgIpc) is 3.70. The number of hydrogen-bond acceptors (Lipinski definition) is 10. The molecule has 1 aromatic carbocycles. The fourth-order valence-corrected chi connectivity index (χ4v) is 8.31. The van der Waals surface area contributed by atoms with Gasteiger partial charge < -0.3 is 29.7 Å². The highest BCUT2D eigenvalue weighted by molar-refractivity contribution is 7.91. The van der Waals surface area contributed by atoms with E-state index in [2.05, 4.69) is 15.6 Å². The van der Waals surface area contributed by atoms with Crippen LogP contribution in [0, 0.1) is 17.7 Å². The molecule has 1 aromatic heterocycles. The van der Waals surface area contributed by atoms with Crippen molar-refractivity contribution in [2.24, 2.45) is 11.8 Å². The van der Waals surface area contributed by atoms with Crippen LogP contribution in [0.4, 0.5) is 13.6 Å². The Morgan fingerprint density at radius 1 is 1.13 bits per heavy atom. The fraction of sp³-hybridized carbons (Fsp3) is 0.605. The van der Waals surface area contributed by atoms with Gasteiger partial charge in [0.25, 0.3) is 10.0 Å². The quantitative estimate of drug-likeness (QED) is 0.314. The lowest BCUT2D eigenvalue weighted by molar-refractivity contribution is -0.141. The predicted octanol–water partition coefficient (Wildman–Crippen LogP) is 4.81. The summed E-state index contributed by atoms with van der Waals surface area (Å²) in [6.45, 7) is 10.3. The van der Waals surface area contributed by atoms with Gasteiger partial charge in [-0.1, -0.05) is 26.0 Å². The molecule has 17 heteroatoms. The van der Waals surface area contributed by atoms with E-state index in [1.807, 2.05) is 18.6 Å². The Kier molecular flexibility index (Phi) is 12.0. The topological polar surface area (TPSA) is 182 Å². The molecule has 1 saturated carbocycles. The first-order valence-electron chi connectivity index (χ1n) is 18.5. The number of pyridine rings is 1. The lowest BCUT2D eigenvalue weighted by Crippen LogP contribution is -2.58. The molecule has 55 heavy (non-hydrogen) atoms. The highest BCUT2D eigenvalue weighted by atomic mass is 32.2. The number of amides is 4. The van der Waals surface area contributed by atoms with Gasteiger partial charge in [-0.3, -0.25) is 19.1 Å². The third-order valence-electron chi connectivity index (χ3n) is 10.0. The van der Waals surface area contributed by atoms with E-state index in [0.717, 1.165) is 0 Å². The van der Waals surface area contributed by atoms with Crippen LogP contribution in [0.5, 0.6) is 11.6 Å². The SMILES string of the molecule is COc1cnc(OC2CC3C(=O)NC(C)(CC(=O)NS(=O)(=O)C4(F)CC4)C=CCCC(C)CC(C)C(NC(=O)OC(C)(C)C)C(=O)N3C2)c2cc(F)ccc12. The molecule has 0 spiro atoms. The molecular formula is C38H51F2N5O9S. The maximum atomic E-state index is 14.7. The first-order valence-corrected chi connectivity index (χ1v) is 19.9. The van der Waals surface area contributed by atoms with Crippen LogP contribution < -0.4 is 24.8 Å². The van der Waals surface area contributed by atoms with Gasteiger partial charge in [0.05, 0.1) is 37.2 Å². The summed E-state index contributed by atoms with van der Waals surface area (Å²) < 4.78 is 73.1. The van der Waals surface area contributed by atoms with Crippen molar-refractivity contribution in [3.63, 3.8) is 0 Å². The van der Waals surface area contributed by atoms with Crippen molar-refractivity contribution in [1.82, 2.24) is 25.2 Å². The van der Waals surface area contributed by atoms with Crippen molar-refractivity contribution < 1.29 is 50.6 Å². The molecule has 3 aliphatic rings. The number of fused-ring (bicyclic) bond motifs is 2. The lowest BCUT2D eigenvalue weighted by Gasteiger charge is -2.35. The minimum Gasteiger partial charge on any atom is -0.494 e. The Labute approximate surface area is 320 Å². The molecule has 3 N–H and O–H groups in total. The smallest absolute Gasteiger partial charge is 0.408 e. The van der Waals surface area contributed by atoms with E-state index in [-0.39, 0.29) is 37.6 Å². The van der Waals surface area contributed by atoms with Gasteiger partial charge in [-0.25, -0.2) is 27.0 Å². The number of allylic oxidation sites excluding steroid dienone is 1. The second kappa shape index (κ2) is 15.9. The van der Waals surface area contributed by atoms with E-state index in [0.29, 0.717) is 35.8 Å². The summed E-state index contributed by atoms with van der Waals surface area (Å²) in [6, 6.07) is 1.70. The molecule has 6 atom stereocenters. The van der Waals surface area contributed by atoms with Gasteiger partial charge in [-0.15, -0.1) is 0 Å². The number of nitrogens with zero attached hydrogens (tertiary/aromatic N) is 2. The number of rotatable bonds is 8. The van der Waals surface area contributed by atoms with Crippen LogP contribution in [0.2, 0.25) is 0 Å². The van der Waals surface area contributed by atoms with Crippen molar-refractivity contribution >= 4 is 44.6 Å². The highest BCUT2D eigenvalue weighted by Crippen LogP contribution is 2.44. The normalized spacial score (nSPS) is 27.4. The Balaban J connectivity index is 1.50. The number of halogens is 2. The number of methoxy groups -OCH3 is 1.